The van der Waals surface area contributed by atoms with E-state index in [4.69, 9.17) is 22.1 Å². The highest BCUT2D eigenvalue weighted by Gasteiger charge is 2.32. The van der Waals surface area contributed by atoms with E-state index in [0.717, 1.165) is 18.5 Å². The van der Waals surface area contributed by atoms with Crippen molar-refractivity contribution in [1.29, 1.82) is 0 Å². The first-order valence-corrected chi connectivity index (χ1v) is 12.1. The molecule has 33 heavy (non-hydrogen) atoms. The Bertz CT molecular complexity index is 1210. The molecule has 2 heterocycles. The standard InChI is InChI=1S/C25H24FN3O2S2/c1-3-5-13-28-24(30)22(33-25(28)32)15-18-16-29(19-9-7-6-8-10-19)27-23(18)17-11-12-21(31-4-2)20(26)14-17/h6-12,14-16H,3-5,13H2,1-2H3/b22-15-. The van der Waals surface area contributed by atoms with Crippen molar-refractivity contribution < 1.29 is 13.9 Å². The number of halogens is 1. The van der Waals surface area contributed by atoms with Crippen LogP contribution in [0.3, 0.4) is 0 Å². The Morgan fingerprint density at radius 2 is 1.97 bits per heavy atom. The van der Waals surface area contributed by atoms with E-state index in [1.807, 2.05) is 43.5 Å². The molecule has 2 aromatic carbocycles. The Balaban J connectivity index is 1.77. The molecule has 1 amide bonds. The molecule has 0 N–H and O–H groups in total. The van der Waals surface area contributed by atoms with E-state index < -0.39 is 5.82 Å². The minimum absolute atomic E-state index is 0.102. The Kier molecular flexibility index (Phi) is 7.25. The number of amides is 1. The number of thioether (sulfide) groups is 1. The third-order valence-electron chi connectivity index (χ3n) is 5.16. The van der Waals surface area contributed by atoms with Gasteiger partial charge < -0.3 is 4.74 Å². The summed E-state index contributed by atoms with van der Waals surface area (Å²) in [5, 5.41) is 4.72. The van der Waals surface area contributed by atoms with Gasteiger partial charge in [0.05, 0.1) is 17.2 Å². The van der Waals surface area contributed by atoms with Crippen LogP contribution in [0.1, 0.15) is 32.3 Å². The van der Waals surface area contributed by atoms with Gasteiger partial charge in [0.2, 0.25) is 0 Å². The number of aromatic nitrogens is 2. The lowest BCUT2D eigenvalue weighted by atomic mass is 10.1. The number of hydrogen-bond acceptors (Lipinski definition) is 5. The van der Waals surface area contributed by atoms with E-state index in [1.165, 1.54) is 17.8 Å². The Hall–Kier alpha value is -2.97. The summed E-state index contributed by atoms with van der Waals surface area (Å²) < 4.78 is 22.2. The smallest absolute Gasteiger partial charge is 0.266 e. The van der Waals surface area contributed by atoms with Crippen LogP contribution in [-0.4, -0.2) is 38.1 Å². The second-order valence-electron chi connectivity index (χ2n) is 7.48. The first-order chi connectivity index (χ1) is 16.0. The van der Waals surface area contributed by atoms with Gasteiger partial charge in [0.15, 0.2) is 11.6 Å². The molecule has 1 aliphatic rings. The van der Waals surface area contributed by atoms with Crippen molar-refractivity contribution in [2.75, 3.05) is 13.2 Å². The number of unbranched alkanes of at least 4 members (excludes halogenated alkanes) is 1. The van der Waals surface area contributed by atoms with Gasteiger partial charge >= 0.3 is 0 Å². The van der Waals surface area contributed by atoms with Crippen molar-refractivity contribution >= 4 is 40.3 Å². The van der Waals surface area contributed by atoms with Crippen LogP contribution in [0.15, 0.2) is 59.6 Å². The molecule has 0 spiro atoms. The summed E-state index contributed by atoms with van der Waals surface area (Å²) in [5.74, 6) is -0.364. The lowest BCUT2D eigenvalue weighted by molar-refractivity contribution is -0.122. The maximum absolute atomic E-state index is 14.6. The molecule has 0 radical (unpaired) electrons. The van der Waals surface area contributed by atoms with Gasteiger partial charge in [0.25, 0.3) is 5.91 Å². The molecule has 1 aliphatic heterocycles. The molecular formula is C25H24FN3O2S2. The molecule has 1 aromatic heterocycles. The summed E-state index contributed by atoms with van der Waals surface area (Å²) in [6.45, 7) is 4.88. The van der Waals surface area contributed by atoms with Gasteiger partial charge in [0.1, 0.15) is 10.0 Å². The van der Waals surface area contributed by atoms with Gasteiger partial charge in [-0.05, 0) is 49.8 Å². The van der Waals surface area contributed by atoms with Crippen LogP contribution in [0.5, 0.6) is 5.75 Å². The van der Waals surface area contributed by atoms with E-state index in [2.05, 4.69) is 6.92 Å². The molecule has 3 aromatic rings. The average molecular weight is 482 g/mol. The zero-order valence-corrected chi connectivity index (χ0v) is 20.1. The second kappa shape index (κ2) is 10.3. The number of carbonyl (C=O) groups is 1. The van der Waals surface area contributed by atoms with Crippen LogP contribution >= 0.6 is 24.0 Å². The van der Waals surface area contributed by atoms with Crippen molar-refractivity contribution in [2.24, 2.45) is 0 Å². The number of para-hydroxylation sites is 1. The molecule has 1 saturated heterocycles. The van der Waals surface area contributed by atoms with Gasteiger partial charge in [-0.15, -0.1) is 0 Å². The lowest BCUT2D eigenvalue weighted by Crippen LogP contribution is -2.28. The molecule has 170 valence electrons. The van der Waals surface area contributed by atoms with Gasteiger partial charge in [-0.1, -0.05) is 55.5 Å². The quantitative estimate of drug-likeness (QED) is 0.288. The maximum atomic E-state index is 14.6. The van der Waals surface area contributed by atoms with Crippen molar-refractivity contribution in [1.82, 2.24) is 14.7 Å². The molecule has 1 fully saturated rings. The molecule has 4 rings (SSSR count). The number of benzene rings is 2. The fourth-order valence-electron chi connectivity index (χ4n) is 3.50. The van der Waals surface area contributed by atoms with Crippen LogP contribution in [0.25, 0.3) is 23.0 Å². The van der Waals surface area contributed by atoms with E-state index in [-0.39, 0.29) is 11.7 Å². The summed E-state index contributed by atoms with van der Waals surface area (Å²) in [6.07, 6.45) is 5.51. The summed E-state index contributed by atoms with van der Waals surface area (Å²) in [4.78, 5) is 15.2. The number of nitrogens with zero attached hydrogens (tertiary/aromatic N) is 3. The normalized spacial score (nSPS) is 15.0. The Labute approximate surface area is 202 Å². The van der Waals surface area contributed by atoms with Crippen LogP contribution in [0, 0.1) is 5.82 Å². The summed E-state index contributed by atoms with van der Waals surface area (Å²) in [6, 6.07) is 14.4. The minimum atomic E-state index is -0.458. The fourth-order valence-corrected chi connectivity index (χ4v) is 4.80. The number of carbonyl (C=O) groups excluding carboxylic acids is 1. The predicted octanol–water partition coefficient (Wildman–Crippen LogP) is 6.08. The highest BCUT2D eigenvalue weighted by Crippen LogP contribution is 2.35. The second-order valence-corrected chi connectivity index (χ2v) is 9.15. The molecule has 0 atom stereocenters. The first kappa shape index (κ1) is 23.2. The van der Waals surface area contributed by atoms with E-state index in [1.54, 1.807) is 27.8 Å². The van der Waals surface area contributed by atoms with Crippen LogP contribution < -0.4 is 4.74 Å². The molecule has 0 unspecified atom stereocenters. The third-order valence-corrected chi connectivity index (χ3v) is 6.54. The molecule has 8 heteroatoms. The van der Waals surface area contributed by atoms with Crippen LogP contribution in [-0.2, 0) is 4.79 Å². The summed E-state index contributed by atoms with van der Waals surface area (Å²) >= 11 is 6.72. The first-order valence-electron chi connectivity index (χ1n) is 10.8. The third kappa shape index (κ3) is 5.02. The molecule has 5 nitrogen and oxygen atoms in total. The summed E-state index contributed by atoms with van der Waals surface area (Å²) in [7, 11) is 0. The predicted molar refractivity (Wildman–Crippen MR) is 135 cm³/mol. The zero-order chi connectivity index (χ0) is 23.4. The minimum Gasteiger partial charge on any atom is -0.491 e. The molecular weight excluding hydrogens is 457 g/mol. The van der Waals surface area contributed by atoms with Crippen molar-refractivity contribution in [3.05, 3.63) is 71.0 Å². The van der Waals surface area contributed by atoms with Crippen LogP contribution in [0.4, 0.5) is 4.39 Å². The van der Waals surface area contributed by atoms with Crippen molar-refractivity contribution in [3.63, 3.8) is 0 Å². The Morgan fingerprint density at radius 1 is 1.18 bits per heavy atom. The van der Waals surface area contributed by atoms with Gasteiger partial charge in [-0.25, -0.2) is 9.07 Å². The van der Waals surface area contributed by atoms with Crippen molar-refractivity contribution in [2.45, 2.75) is 26.7 Å². The van der Waals surface area contributed by atoms with Gasteiger partial charge in [-0.3, -0.25) is 9.69 Å². The molecule has 0 aliphatic carbocycles. The topological polar surface area (TPSA) is 47.4 Å². The van der Waals surface area contributed by atoms with E-state index in [0.29, 0.717) is 39.2 Å². The van der Waals surface area contributed by atoms with E-state index in [9.17, 15) is 9.18 Å². The summed E-state index contributed by atoms with van der Waals surface area (Å²) in [5.41, 5.74) is 2.73. The average Bonchev–Trinajstić information content (AvgIpc) is 3.35. The van der Waals surface area contributed by atoms with E-state index >= 15 is 0 Å². The number of rotatable bonds is 8. The molecule has 0 saturated carbocycles. The fraction of sp³-hybridized carbons (Fsp3) is 0.240. The number of thiocarbonyl (C=S) groups is 1. The highest BCUT2D eigenvalue weighted by molar-refractivity contribution is 8.26. The van der Waals surface area contributed by atoms with Gasteiger partial charge in [0, 0.05) is 23.9 Å². The maximum Gasteiger partial charge on any atom is 0.266 e. The lowest BCUT2D eigenvalue weighted by Gasteiger charge is -2.12. The van der Waals surface area contributed by atoms with Gasteiger partial charge in [-0.2, -0.15) is 5.10 Å². The SMILES string of the molecule is CCCCN1C(=O)/C(=C/c2cn(-c3ccccc3)nc2-c2ccc(OCC)c(F)c2)SC1=S. The molecule has 0 bridgehead atoms. The zero-order valence-electron chi connectivity index (χ0n) is 18.5. The number of ether oxygens (including phenoxy) is 1. The number of hydrogen-bond donors (Lipinski definition) is 0. The Morgan fingerprint density at radius 3 is 2.67 bits per heavy atom. The highest BCUT2D eigenvalue weighted by atomic mass is 32.2. The largest absolute Gasteiger partial charge is 0.491 e. The van der Waals surface area contributed by atoms with Crippen molar-refractivity contribution in [3.8, 4) is 22.7 Å². The van der Waals surface area contributed by atoms with Crippen LogP contribution in [0.2, 0.25) is 0 Å². The monoisotopic (exact) mass is 481 g/mol.